The van der Waals surface area contributed by atoms with Crippen molar-refractivity contribution in [2.45, 2.75) is 33.3 Å². The van der Waals surface area contributed by atoms with Crippen molar-refractivity contribution in [1.29, 1.82) is 0 Å². The number of amides is 1. The second-order valence-electron chi connectivity index (χ2n) is 6.80. The lowest BCUT2D eigenvalue weighted by Gasteiger charge is -2.21. The molecule has 5 heteroatoms. The van der Waals surface area contributed by atoms with Gasteiger partial charge in [-0.2, -0.15) is 0 Å². The van der Waals surface area contributed by atoms with Crippen molar-refractivity contribution in [2.24, 2.45) is 5.92 Å². The third kappa shape index (κ3) is 2.84. The maximum atomic E-state index is 11.7. The van der Waals surface area contributed by atoms with Crippen molar-refractivity contribution in [1.82, 2.24) is 10.3 Å². The van der Waals surface area contributed by atoms with Gasteiger partial charge in [0, 0.05) is 44.1 Å². The molecular formula is C19H25N3O2. The molecule has 1 aliphatic heterocycles. The van der Waals surface area contributed by atoms with E-state index in [0.717, 1.165) is 11.2 Å². The standard InChI is InChI=1S/C19H25N3O2/c1-11-7-12(2)15-5-6-21-19(18(15)13(11)3)22-9-14(16(23)10-22)8-17(24)20-4/h5-7,14,16,23H,8-10H2,1-4H3,(H,20,24)/t14-,16-/m1/s1. The van der Waals surface area contributed by atoms with Crippen LogP contribution >= 0.6 is 0 Å². The molecule has 0 radical (unpaired) electrons. The number of aromatic nitrogens is 1. The van der Waals surface area contributed by atoms with Crippen LogP contribution in [0.4, 0.5) is 5.82 Å². The Hall–Kier alpha value is -2.14. The van der Waals surface area contributed by atoms with Crippen molar-refractivity contribution in [3.8, 4) is 0 Å². The number of aliphatic hydroxyl groups is 1. The quantitative estimate of drug-likeness (QED) is 0.906. The number of hydrogen-bond donors (Lipinski definition) is 2. The lowest BCUT2D eigenvalue weighted by atomic mass is 9.97. The smallest absolute Gasteiger partial charge is 0.220 e. The average Bonchev–Trinajstić information content (AvgIpc) is 2.92. The van der Waals surface area contributed by atoms with Crippen LogP contribution in [0.5, 0.6) is 0 Å². The van der Waals surface area contributed by atoms with Gasteiger partial charge < -0.3 is 15.3 Å². The first kappa shape index (κ1) is 16.7. The summed E-state index contributed by atoms with van der Waals surface area (Å²) >= 11 is 0. The van der Waals surface area contributed by atoms with Gasteiger partial charge in [-0.15, -0.1) is 0 Å². The van der Waals surface area contributed by atoms with Gasteiger partial charge in [-0.3, -0.25) is 4.79 Å². The van der Waals surface area contributed by atoms with Crippen LogP contribution in [0.2, 0.25) is 0 Å². The predicted octanol–water partition coefficient (Wildman–Crippen LogP) is 2.09. The SMILES string of the molecule is CNC(=O)C[C@@H]1CN(c2nccc3c(C)cc(C)c(C)c23)C[C@H]1O. The molecular weight excluding hydrogens is 302 g/mol. The van der Waals surface area contributed by atoms with Crippen molar-refractivity contribution < 1.29 is 9.90 Å². The van der Waals surface area contributed by atoms with Crippen LogP contribution in [-0.2, 0) is 4.79 Å². The van der Waals surface area contributed by atoms with E-state index in [1.807, 2.05) is 6.20 Å². The summed E-state index contributed by atoms with van der Waals surface area (Å²) in [5.74, 6) is 0.818. The van der Waals surface area contributed by atoms with E-state index in [2.05, 4.69) is 48.1 Å². The number of nitrogens with zero attached hydrogens (tertiary/aromatic N) is 2. The zero-order valence-corrected chi connectivity index (χ0v) is 14.8. The van der Waals surface area contributed by atoms with Gasteiger partial charge in [0.05, 0.1) is 6.10 Å². The second kappa shape index (κ2) is 6.40. The van der Waals surface area contributed by atoms with Gasteiger partial charge in [0.2, 0.25) is 5.91 Å². The molecule has 0 unspecified atom stereocenters. The van der Waals surface area contributed by atoms with Gasteiger partial charge in [0.1, 0.15) is 5.82 Å². The van der Waals surface area contributed by atoms with Crippen LogP contribution < -0.4 is 10.2 Å². The molecule has 5 nitrogen and oxygen atoms in total. The summed E-state index contributed by atoms with van der Waals surface area (Å²) in [6, 6.07) is 4.25. The lowest BCUT2D eigenvalue weighted by molar-refractivity contribution is -0.122. The molecule has 128 valence electrons. The minimum atomic E-state index is -0.509. The molecule has 0 bridgehead atoms. The molecule has 24 heavy (non-hydrogen) atoms. The van der Waals surface area contributed by atoms with Crippen LogP contribution in [0.1, 0.15) is 23.1 Å². The van der Waals surface area contributed by atoms with E-state index in [0.29, 0.717) is 19.5 Å². The molecule has 3 rings (SSSR count). The van der Waals surface area contributed by atoms with Crippen LogP contribution in [0, 0.1) is 26.7 Å². The highest BCUT2D eigenvalue weighted by atomic mass is 16.3. The van der Waals surface area contributed by atoms with Crippen LogP contribution in [0.25, 0.3) is 10.8 Å². The number of aryl methyl sites for hydroxylation is 3. The number of carbonyl (C=O) groups is 1. The number of β-amino-alcohol motifs (C(OH)–C–C–N with tert-alkyl or cyclic N) is 1. The van der Waals surface area contributed by atoms with Gasteiger partial charge in [-0.1, -0.05) is 6.07 Å². The fourth-order valence-corrected chi connectivity index (χ4v) is 3.66. The summed E-state index contributed by atoms with van der Waals surface area (Å²) in [7, 11) is 1.63. The summed E-state index contributed by atoms with van der Waals surface area (Å²) < 4.78 is 0. The van der Waals surface area contributed by atoms with E-state index in [4.69, 9.17) is 0 Å². The molecule has 1 aromatic carbocycles. The molecule has 0 saturated carbocycles. The van der Waals surface area contributed by atoms with E-state index >= 15 is 0 Å². The Kier molecular flexibility index (Phi) is 4.45. The molecule has 0 spiro atoms. The lowest BCUT2D eigenvalue weighted by Crippen LogP contribution is -2.27. The Morgan fingerprint density at radius 3 is 2.79 bits per heavy atom. The topological polar surface area (TPSA) is 65.5 Å². The minimum Gasteiger partial charge on any atom is -0.391 e. The number of rotatable bonds is 3. The molecule has 1 saturated heterocycles. The third-order valence-electron chi connectivity index (χ3n) is 5.19. The first-order chi connectivity index (χ1) is 11.4. The van der Waals surface area contributed by atoms with E-state index in [-0.39, 0.29) is 11.8 Å². The molecule has 2 aromatic rings. The molecule has 1 fully saturated rings. The fourth-order valence-electron chi connectivity index (χ4n) is 3.66. The highest BCUT2D eigenvalue weighted by Crippen LogP contribution is 2.34. The summed E-state index contributed by atoms with van der Waals surface area (Å²) in [6.07, 6.45) is 1.67. The van der Waals surface area contributed by atoms with Gasteiger partial charge in [0.25, 0.3) is 0 Å². The Morgan fingerprint density at radius 2 is 2.08 bits per heavy atom. The number of benzene rings is 1. The summed E-state index contributed by atoms with van der Waals surface area (Å²) in [4.78, 5) is 18.4. The molecule has 2 atom stereocenters. The number of pyridine rings is 1. The number of fused-ring (bicyclic) bond motifs is 1. The van der Waals surface area contributed by atoms with Gasteiger partial charge in [-0.25, -0.2) is 4.98 Å². The first-order valence-electron chi connectivity index (χ1n) is 8.41. The number of nitrogens with one attached hydrogen (secondary N) is 1. The average molecular weight is 327 g/mol. The van der Waals surface area contributed by atoms with E-state index < -0.39 is 6.10 Å². The molecule has 1 aliphatic rings. The highest BCUT2D eigenvalue weighted by Gasteiger charge is 2.34. The molecule has 2 N–H and O–H groups in total. The zero-order valence-electron chi connectivity index (χ0n) is 14.8. The number of aliphatic hydroxyl groups excluding tert-OH is 1. The molecule has 1 amide bonds. The summed E-state index contributed by atoms with van der Waals surface area (Å²) in [5.41, 5.74) is 3.71. The second-order valence-corrected chi connectivity index (χ2v) is 6.80. The zero-order chi connectivity index (χ0) is 17.4. The molecule has 1 aromatic heterocycles. The number of anilines is 1. The van der Waals surface area contributed by atoms with Crippen LogP contribution in [0.3, 0.4) is 0 Å². The summed E-state index contributed by atoms with van der Waals surface area (Å²) in [6.45, 7) is 7.52. The van der Waals surface area contributed by atoms with Gasteiger partial charge in [-0.05, 0) is 48.9 Å². The van der Waals surface area contributed by atoms with E-state index in [9.17, 15) is 9.90 Å². The maximum Gasteiger partial charge on any atom is 0.220 e. The normalized spacial score (nSPS) is 20.6. The van der Waals surface area contributed by atoms with Crippen molar-refractivity contribution >= 4 is 22.5 Å². The first-order valence-corrected chi connectivity index (χ1v) is 8.41. The largest absolute Gasteiger partial charge is 0.391 e. The summed E-state index contributed by atoms with van der Waals surface area (Å²) in [5, 5.41) is 15.4. The van der Waals surface area contributed by atoms with Crippen LogP contribution in [0.15, 0.2) is 18.3 Å². The van der Waals surface area contributed by atoms with Crippen molar-refractivity contribution in [3.05, 3.63) is 35.0 Å². The Labute approximate surface area is 142 Å². The van der Waals surface area contributed by atoms with Crippen molar-refractivity contribution in [2.75, 3.05) is 25.0 Å². The van der Waals surface area contributed by atoms with Gasteiger partial charge >= 0.3 is 0 Å². The fraction of sp³-hybridized carbons (Fsp3) is 0.474. The molecule has 2 heterocycles. The third-order valence-corrected chi connectivity index (χ3v) is 5.19. The monoisotopic (exact) mass is 327 g/mol. The number of carbonyl (C=O) groups excluding carboxylic acids is 1. The van der Waals surface area contributed by atoms with Crippen LogP contribution in [-0.4, -0.2) is 42.2 Å². The number of hydrogen-bond acceptors (Lipinski definition) is 4. The minimum absolute atomic E-state index is 0.0327. The van der Waals surface area contributed by atoms with E-state index in [1.165, 1.54) is 22.1 Å². The Bertz CT molecular complexity index is 788. The molecule has 0 aliphatic carbocycles. The Morgan fingerprint density at radius 1 is 1.33 bits per heavy atom. The predicted molar refractivity (Wildman–Crippen MR) is 96.3 cm³/mol. The maximum absolute atomic E-state index is 11.7. The van der Waals surface area contributed by atoms with E-state index in [1.54, 1.807) is 7.05 Å². The highest BCUT2D eigenvalue weighted by molar-refractivity contribution is 5.97. The van der Waals surface area contributed by atoms with Gasteiger partial charge in [0.15, 0.2) is 0 Å². The Balaban J connectivity index is 2.00. The van der Waals surface area contributed by atoms with Crippen molar-refractivity contribution in [3.63, 3.8) is 0 Å².